The Kier molecular flexibility index (Phi) is 5.23. The molecular formula is C12H13N3O4S. The van der Waals surface area contributed by atoms with Gasteiger partial charge in [0.25, 0.3) is 5.04 Å². The summed E-state index contributed by atoms with van der Waals surface area (Å²) in [4.78, 5) is 11.0. The molecule has 0 saturated heterocycles. The lowest BCUT2D eigenvalue weighted by molar-refractivity contribution is -0.137. The molecule has 0 radical (unpaired) electrons. The van der Waals surface area contributed by atoms with Gasteiger partial charge in [-0.3, -0.25) is 10.2 Å². The minimum absolute atomic E-state index is 0.525. The second-order valence-corrected chi connectivity index (χ2v) is 5.75. The number of nitrogens with zero attached hydrogens (tertiary/aromatic N) is 2. The molecule has 0 atom stereocenters. The van der Waals surface area contributed by atoms with Crippen molar-refractivity contribution in [3.05, 3.63) is 29.8 Å². The lowest BCUT2D eigenvalue weighted by Crippen LogP contribution is -2.24. The largest absolute Gasteiger partial charge is 0.468 e. The Labute approximate surface area is 116 Å². The van der Waals surface area contributed by atoms with Gasteiger partial charge in [-0.1, -0.05) is 17.7 Å². The summed E-state index contributed by atoms with van der Waals surface area (Å²) < 4.78 is 27.7. The Bertz CT molecular complexity index is 657. The average molecular weight is 295 g/mol. The molecule has 20 heavy (non-hydrogen) atoms. The number of carbonyl (C=O) groups is 1. The van der Waals surface area contributed by atoms with Crippen molar-refractivity contribution in [1.82, 2.24) is 0 Å². The molecule has 0 saturated carbocycles. The number of nitriles is 1. The highest BCUT2D eigenvalue weighted by molar-refractivity contribution is 8.07. The highest BCUT2D eigenvalue weighted by Crippen LogP contribution is 2.09. The van der Waals surface area contributed by atoms with Crippen LogP contribution >= 0.6 is 0 Å². The molecule has 0 unspecified atom stereocenters. The van der Waals surface area contributed by atoms with Crippen LogP contribution in [0.2, 0.25) is 0 Å². The standard InChI is InChI=1S/C12H13N3O4S/c1-9-3-5-10(6-4-9)14-15-11(7-13)20(17,18)8-12(16)19-2/h3-6,14H,8H2,1-2H3/b15-11+. The second kappa shape index (κ2) is 6.68. The molecule has 7 nitrogen and oxygen atoms in total. The number of anilines is 1. The van der Waals surface area contributed by atoms with Crippen molar-refractivity contribution in [3.8, 4) is 6.07 Å². The van der Waals surface area contributed by atoms with Gasteiger partial charge >= 0.3 is 5.97 Å². The van der Waals surface area contributed by atoms with Crippen molar-refractivity contribution in [3.63, 3.8) is 0 Å². The number of nitrogens with one attached hydrogen (secondary N) is 1. The van der Waals surface area contributed by atoms with Gasteiger partial charge in [0.1, 0.15) is 6.07 Å². The number of methoxy groups -OCH3 is 1. The lowest BCUT2D eigenvalue weighted by Gasteiger charge is -2.03. The summed E-state index contributed by atoms with van der Waals surface area (Å²) in [6, 6.07) is 8.40. The summed E-state index contributed by atoms with van der Waals surface area (Å²) in [5.41, 5.74) is 4.01. The van der Waals surface area contributed by atoms with E-state index in [-0.39, 0.29) is 0 Å². The maximum Gasteiger partial charge on any atom is 0.321 e. The number of ether oxygens (including phenoxy) is 1. The molecule has 0 aliphatic heterocycles. The minimum Gasteiger partial charge on any atom is -0.468 e. The van der Waals surface area contributed by atoms with E-state index in [9.17, 15) is 13.2 Å². The maximum absolute atomic E-state index is 11.7. The Morgan fingerprint density at radius 1 is 1.40 bits per heavy atom. The smallest absolute Gasteiger partial charge is 0.321 e. The van der Waals surface area contributed by atoms with Crippen LogP contribution in [0, 0.1) is 18.3 Å². The third-order valence-corrected chi connectivity index (χ3v) is 3.65. The van der Waals surface area contributed by atoms with E-state index < -0.39 is 26.6 Å². The molecule has 0 aliphatic rings. The zero-order valence-electron chi connectivity index (χ0n) is 11.0. The predicted molar refractivity (Wildman–Crippen MR) is 73.7 cm³/mol. The Hall–Kier alpha value is -2.40. The van der Waals surface area contributed by atoms with Gasteiger partial charge in [-0.05, 0) is 19.1 Å². The highest BCUT2D eigenvalue weighted by atomic mass is 32.2. The van der Waals surface area contributed by atoms with E-state index in [0.717, 1.165) is 12.7 Å². The van der Waals surface area contributed by atoms with Gasteiger partial charge < -0.3 is 4.74 Å². The first-order valence-corrected chi connectivity index (χ1v) is 7.14. The monoisotopic (exact) mass is 295 g/mol. The van der Waals surface area contributed by atoms with Crippen LogP contribution in [0.4, 0.5) is 5.69 Å². The summed E-state index contributed by atoms with van der Waals surface area (Å²) in [6.07, 6.45) is 0. The molecule has 0 heterocycles. The van der Waals surface area contributed by atoms with Crippen molar-refractivity contribution < 1.29 is 17.9 Å². The summed E-state index contributed by atoms with van der Waals surface area (Å²) in [5, 5.41) is 11.6. The number of aryl methyl sites for hydroxylation is 1. The van der Waals surface area contributed by atoms with Crippen LogP contribution in [0.1, 0.15) is 5.56 Å². The number of sulfone groups is 1. The number of hydrogen-bond acceptors (Lipinski definition) is 7. The zero-order chi connectivity index (χ0) is 15.2. The van der Waals surface area contributed by atoms with E-state index >= 15 is 0 Å². The van der Waals surface area contributed by atoms with Crippen molar-refractivity contribution >= 4 is 26.5 Å². The maximum atomic E-state index is 11.7. The summed E-state index contributed by atoms with van der Waals surface area (Å²) in [5.74, 6) is -1.88. The molecule has 0 fully saturated rings. The first kappa shape index (κ1) is 15.7. The SMILES string of the molecule is COC(=O)CS(=O)(=O)/C(C#N)=N/Nc1ccc(C)cc1. The van der Waals surface area contributed by atoms with Gasteiger partial charge in [0, 0.05) is 0 Å². The fraction of sp³-hybridized carbons (Fsp3) is 0.250. The van der Waals surface area contributed by atoms with Gasteiger partial charge in [0.15, 0.2) is 5.75 Å². The van der Waals surface area contributed by atoms with E-state index in [2.05, 4.69) is 15.3 Å². The van der Waals surface area contributed by atoms with Crippen molar-refractivity contribution in [1.29, 1.82) is 5.26 Å². The molecule has 0 aromatic heterocycles. The number of rotatable bonds is 4. The number of benzene rings is 1. The van der Waals surface area contributed by atoms with Gasteiger partial charge in [0.05, 0.1) is 12.8 Å². The van der Waals surface area contributed by atoms with E-state index in [4.69, 9.17) is 5.26 Å². The number of esters is 1. The third-order valence-electron chi connectivity index (χ3n) is 2.26. The Morgan fingerprint density at radius 3 is 2.50 bits per heavy atom. The molecule has 0 aliphatic carbocycles. The van der Waals surface area contributed by atoms with E-state index in [1.54, 1.807) is 24.3 Å². The molecule has 1 aromatic rings. The first-order chi connectivity index (χ1) is 9.39. The second-order valence-electron chi connectivity index (χ2n) is 3.84. The average Bonchev–Trinajstić information content (AvgIpc) is 2.40. The van der Waals surface area contributed by atoms with Crippen molar-refractivity contribution in [2.24, 2.45) is 5.10 Å². The lowest BCUT2D eigenvalue weighted by atomic mass is 10.2. The van der Waals surface area contributed by atoms with E-state index in [1.807, 2.05) is 6.92 Å². The summed E-state index contributed by atoms with van der Waals surface area (Å²) >= 11 is 0. The van der Waals surface area contributed by atoms with Gasteiger partial charge in [-0.25, -0.2) is 8.42 Å². The summed E-state index contributed by atoms with van der Waals surface area (Å²) in [6.45, 7) is 1.90. The number of hydrogen-bond donors (Lipinski definition) is 1. The van der Waals surface area contributed by atoms with Crippen LogP contribution in [-0.2, 0) is 19.4 Å². The van der Waals surface area contributed by atoms with Crippen LogP contribution in [0.15, 0.2) is 29.4 Å². The van der Waals surface area contributed by atoms with Crippen LogP contribution in [-0.4, -0.2) is 32.3 Å². The molecule has 1 rings (SSSR count). The zero-order valence-corrected chi connectivity index (χ0v) is 11.8. The van der Waals surface area contributed by atoms with Crippen LogP contribution < -0.4 is 5.43 Å². The number of hydrazone groups is 1. The van der Waals surface area contributed by atoms with Gasteiger partial charge in [0.2, 0.25) is 9.84 Å². The molecule has 0 bridgehead atoms. The summed E-state index contributed by atoms with van der Waals surface area (Å²) in [7, 11) is -3.05. The Morgan fingerprint density at radius 2 is 2.00 bits per heavy atom. The topological polar surface area (TPSA) is 109 Å². The highest BCUT2D eigenvalue weighted by Gasteiger charge is 2.24. The molecule has 1 aromatic carbocycles. The van der Waals surface area contributed by atoms with Crippen LogP contribution in [0.25, 0.3) is 0 Å². The molecule has 0 amide bonds. The minimum atomic E-state index is -4.11. The number of carbonyl (C=O) groups excluding carboxylic acids is 1. The fourth-order valence-electron chi connectivity index (χ4n) is 1.19. The normalized spacial score (nSPS) is 11.6. The predicted octanol–water partition coefficient (Wildman–Crippen LogP) is 0.832. The third kappa shape index (κ3) is 4.37. The molecule has 106 valence electrons. The molecule has 1 N–H and O–H groups in total. The molecular weight excluding hydrogens is 282 g/mol. The Balaban J connectivity index is 2.90. The van der Waals surface area contributed by atoms with Crippen molar-refractivity contribution in [2.75, 3.05) is 18.3 Å². The first-order valence-electron chi connectivity index (χ1n) is 5.49. The van der Waals surface area contributed by atoms with Gasteiger partial charge in [-0.15, -0.1) is 0 Å². The molecule has 8 heteroatoms. The van der Waals surface area contributed by atoms with Crippen LogP contribution in [0.5, 0.6) is 0 Å². The molecule has 0 spiro atoms. The van der Waals surface area contributed by atoms with Crippen molar-refractivity contribution in [2.45, 2.75) is 6.92 Å². The van der Waals surface area contributed by atoms with Gasteiger partial charge in [-0.2, -0.15) is 10.4 Å². The fourth-order valence-corrected chi connectivity index (χ4v) is 2.08. The van der Waals surface area contributed by atoms with E-state index in [1.165, 1.54) is 6.07 Å². The quantitative estimate of drug-likeness (QED) is 0.381. The van der Waals surface area contributed by atoms with Crippen LogP contribution in [0.3, 0.4) is 0 Å². The van der Waals surface area contributed by atoms with E-state index in [0.29, 0.717) is 5.69 Å².